The molecule has 0 atom stereocenters. The lowest BCUT2D eigenvalue weighted by Crippen LogP contribution is -2.29. The Morgan fingerprint density at radius 2 is 1.55 bits per heavy atom. The Hall–Kier alpha value is -3.64. The summed E-state index contributed by atoms with van der Waals surface area (Å²) in [7, 11) is 0. The molecule has 6 nitrogen and oxygen atoms in total. The molecule has 1 aliphatic heterocycles. The van der Waals surface area contributed by atoms with E-state index < -0.39 is 0 Å². The van der Waals surface area contributed by atoms with Crippen molar-refractivity contribution in [3.05, 3.63) is 93.8 Å². The Balaban J connectivity index is 1.60. The minimum absolute atomic E-state index is 0.0545. The van der Waals surface area contributed by atoms with Gasteiger partial charge >= 0.3 is 0 Å². The van der Waals surface area contributed by atoms with Crippen molar-refractivity contribution in [2.24, 2.45) is 0 Å². The van der Waals surface area contributed by atoms with Crippen LogP contribution in [0.15, 0.2) is 60.8 Å². The van der Waals surface area contributed by atoms with Crippen LogP contribution in [0.25, 0.3) is 5.65 Å². The summed E-state index contributed by atoms with van der Waals surface area (Å²) in [6, 6.07) is 16.5. The monoisotopic (exact) mass is 430 g/mol. The number of carbonyl (C=O) groups excluding carboxylic acids is 2. The van der Waals surface area contributed by atoms with Gasteiger partial charge in [-0.2, -0.15) is 0 Å². The van der Waals surface area contributed by atoms with Crippen LogP contribution >= 0.6 is 11.6 Å². The predicted octanol–water partition coefficient (Wildman–Crippen LogP) is 5.14. The van der Waals surface area contributed by atoms with Crippen LogP contribution in [0.2, 0.25) is 5.02 Å². The molecule has 4 aromatic rings. The molecule has 5 rings (SSSR count). The second-order valence-electron chi connectivity index (χ2n) is 7.62. The summed E-state index contributed by atoms with van der Waals surface area (Å²) in [5.74, 6) is 0.0499. The fraction of sp³-hybridized carbons (Fsp3) is 0.125. The topological polar surface area (TPSA) is 66.7 Å². The number of rotatable bonds is 4. The van der Waals surface area contributed by atoms with E-state index in [1.54, 1.807) is 36.5 Å². The first kappa shape index (κ1) is 19.3. The lowest BCUT2D eigenvalue weighted by atomic mass is 10.1. The highest BCUT2D eigenvalue weighted by Crippen LogP contribution is 2.31. The summed E-state index contributed by atoms with van der Waals surface area (Å²) >= 11 is 6.25. The molecule has 3 heterocycles. The standard InChI is InChI=1S/C24H19ClN4O2/c1-14-6-5-7-15(2)21(14)27-22-19(26-20-11-10-16(25)12-28(20)22)13-29-23(30)17-8-3-4-9-18(17)24(29)31/h3-12,27H,13H2,1-2H3. The highest BCUT2D eigenvalue weighted by molar-refractivity contribution is 6.30. The number of nitrogens with one attached hydrogen (secondary N) is 1. The lowest BCUT2D eigenvalue weighted by Gasteiger charge is -2.16. The average Bonchev–Trinajstić information content (AvgIpc) is 3.21. The van der Waals surface area contributed by atoms with Crippen molar-refractivity contribution in [1.82, 2.24) is 14.3 Å². The maximum absolute atomic E-state index is 12.9. The third kappa shape index (κ3) is 3.16. The zero-order chi connectivity index (χ0) is 21.7. The average molecular weight is 431 g/mol. The normalized spacial score (nSPS) is 13.2. The number of pyridine rings is 1. The van der Waals surface area contributed by atoms with Crippen LogP contribution in [0.5, 0.6) is 0 Å². The first-order chi connectivity index (χ1) is 14.9. The van der Waals surface area contributed by atoms with Crippen LogP contribution in [0, 0.1) is 13.8 Å². The molecule has 1 aliphatic rings. The lowest BCUT2D eigenvalue weighted by molar-refractivity contribution is 0.0641. The van der Waals surface area contributed by atoms with Gasteiger partial charge < -0.3 is 5.32 Å². The number of carbonyl (C=O) groups is 2. The van der Waals surface area contributed by atoms with Crippen LogP contribution in [0.3, 0.4) is 0 Å². The number of amides is 2. The van der Waals surface area contributed by atoms with Crippen LogP contribution in [0.4, 0.5) is 11.5 Å². The number of benzene rings is 2. The zero-order valence-corrected chi connectivity index (χ0v) is 17.8. The number of imidazole rings is 1. The number of aryl methyl sites for hydroxylation is 2. The molecule has 2 aromatic heterocycles. The van der Waals surface area contributed by atoms with Crippen LogP contribution in [-0.2, 0) is 6.54 Å². The fourth-order valence-electron chi connectivity index (χ4n) is 3.97. The first-order valence-corrected chi connectivity index (χ1v) is 10.3. The summed E-state index contributed by atoms with van der Waals surface area (Å²) < 4.78 is 1.85. The van der Waals surface area contributed by atoms with Gasteiger partial charge in [0.05, 0.1) is 22.7 Å². The first-order valence-electron chi connectivity index (χ1n) is 9.89. The van der Waals surface area contributed by atoms with Gasteiger partial charge in [0, 0.05) is 11.9 Å². The van der Waals surface area contributed by atoms with E-state index in [0.29, 0.717) is 33.3 Å². The highest BCUT2D eigenvalue weighted by atomic mass is 35.5. The molecule has 0 saturated carbocycles. The number of fused-ring (bicyclic) bond motifs is 2. The molecule has 154 valence electrons. The molecule has 2 amide bonds. The van der Waals surface area contributed by atoms with Gasteiger partial charge in [-0.15, -0.1) is 0 Å². The van der Waals surface area contributed by atoms with Crippen molar-refractivity contribution < 1.29 is 9.59 Å². The summed E-state index contributed by atoms with van der Waals surface area (Å²) in [4.78, 5) is 31.7. The number of imide groups is 1. The molecule has 0 saturated heterocycles. The summed E-state index contributed by atoms with van der Waals surface area (Å²) in [5.41, 5.74) is 5.19. The highest BCUT2D eigenvalue weighted by Gasteiger charge is 2.36. The molecule has 0 bridgehead atoms. The smallest absolute Gasteiger partial charge is 0.261 e. The molecule has 0 radical (unpaired) electrons. The SMILES string of the molecule is Cc1cccc(C)c1Nc1c(CN2C(=O)c3ccccc3C2=O)nc2ccc(Cl)cn12. The fourth-order valence-corrected chi connectivity index (χ4v) is 4.13. The van der Waals surface area contributed by atoms with E-state index in [1.807, 2.05) is 42.5 Å². The van der Waals surface area contributed by atoms with E-state index in [2.05, 4.69) is 5.32 Å². The van der Waals surface area contributed by atoms with Gasteiger partial charge in [0.15, 0.2) is 0 Å². The largest absolute Gasteiger partial charge is 0.339 e. The molecular formula is C24H19ClN4O2. The van der Waals surface area contributed by atoms with E-state index in [0.717, 1.165) is 16.8 Å². The Morgan fingerprint density at radius 3 is 2.19 bits per heavy atom. The van der Waals surface area contributed by atoms with Crippen molar-refractivity contribution >= 4 is 40.6 Å². The Morgan fingerprint density at radius 1 is 0.903 bits per heavy atom. The third-order valence-electron chi connectivity index (χ3n) is 5.57. The number of hydrogen-bond donors (Lipinski definition) is 1. The van der Waals surface area contributed by atoms with Gasteiger partial charge in [-0.1, -0.05) is 41.9 Å². The van der Waals surface area contributed by atoms with Gasteiger partial charge in [-0.05, 0) is 49.2 Å². The predicted molar refractivity (Wildman–Crippen MR) is 120 cm³/mol. The second-order valence-corrected chi connectivity index (χ2v) is 8.05. The molecule has 2 aromatic carbocycles. The van der Waals surface area contributed by atoms with Crippen molar-refractivity contribution in [3.63, 3.8) is 0 Å². The molecule has 31 heavy (non-hydrogen) atoms. The molecule has 1 N–H and O–H groups in total. The Bertz CT molecular complexity index is 1320. The number of nitrogens with zero attached hydrogens (tertiary/aromatic N) is 3. The van der Waals surface area contributed by atoms with Crippen molar-refractivity contribution in [1.29, 1.82) is 0 Å². The second kappa shape index (κ2) is 7.25. The Kier molecular flexibility index (Phi) is 4.52. The summed E-state index contributed by atoms with van der Waals surface area (Å²) in [6.07, 6.45) is 1.77. The van der Waals surface area contributed by atoms with Crippen molar-refractivity contribution in [3.8, 4) is 0 Å². The number of para-hydroxylation sites is 1. The van der Waals surface area contributed by atoms with E-state index in [-0.39, 0.29) is 18.4 Å². The maximum atomic E-state index is 12.9. The van der Waals surface area contributed by atoms with Crippen LogP contribution < -0.4 is 5.32 Å². The van der Waals surface area contributed by atoms with Gasteiger partial charge in [0.2, 0.25) is 0 Å². The summed E-state index contributed by atoms with van der Waals surface area (Å²) in [6.45, 7) is 4.10. The quantitative estimate of drug-likeness (QED) is 0.455. The maximum Gasteiger partial charge on any atom is 0.261 e. The molecule has 0 aliphatic carbocycles. The zero-order valence-electron chi connectivity index (χ0n) is 17.0. The van der Waals surface area contributed by atoms with Crippen molar-refractivity contribution in [2.45, 2.75) is 20.4 Å². The summed E-state index contributed by atoms with van der Waals surface area (Å²) in [5, 5.41) is 4.03. The number of aromatic nitrogens is 2. The number of hydrogen-bond acceptors (Lipinski definition) is 4. The molecule has 0 fully saturated rings. The van der Waals surface area contributed by atoms with Gasteiger partial charge in [0.25, 0.3) is 11.8 Å². The van der Waals surface area contributed by atoms with E-state index in [1.165, 1.54) is 4.90 Å². The molecule has 7 heteroatoms. The van der Waals surface area contributed by atoms with E-state index in [4.69, 9.17) is 16.6 Å². The molecule has 0 unspecified atom stereocenters. The van der Waals surface area contributed by atoms with Crippen LogP contribution in [-0.4, -0.2) is 26.1 Å². The minimum Gasteiger partial charge on any atom is -0.339 e. The van der Waals surface area contributed by atoms with Gasteiger partial charge in [-0.3, -0.25) is 18.9 Å². The molecule has 0 spiro atoms. The van der Waals surface area contributed by atoms with Crippen LogP contribution in [0.1, 0.15) is 37.5 Å². The Labute approximate surface area is 184 Å². The molecular weight excluding hydrogens is 412 g/mol. The number of halogens is 1. The minimum atomic E-state index is -0.311. The van der Waals surface area contributed by atoms with Crippen molar-refractivity contribution in [2.75, 3.05) is 5.32 Å². The van der Waals surface area contributed by atoms with Gasteiger partial charge in [0.1, 0.15) is 17.2 Å². The van der Waals surface area contributed by atoms with Gasteiger partial charge in [-0.25, -0.2) is 4.98 Å². The third-order valence-corrected chi connectivity index (χ3v) is 5.79. The van der Waals surface area contributed by atoms with E-state index in [9.17, 15) is 9.59 Å². The van der Waals surface area contributed by atoms with E-state index >= 15 is 0 Å². The number of anilines is 2.